The molecule has 4 aromatic rings. The predicted octanol–water partition coefficient (Wildman–Crippen LogP) is 4.68. The molecule has 2 heterocycles. The molecule has 1 amide bonds. The van der Waals surface area contributed by atoms with Crippen LogP contribution in [0.3, 0.4) is 0 Å². The Kier molecular flexibility index (Phi) is 5.48. The van der Waals surface area contributed by atoms with Gasteiger partial charge in [0.25, 0.3) is 5.91 Å². The molecule has 4 rings (SSSR count). The second-order valence-electron chi connectivity index (χ2n) is 6.97. The molecule has 2 aromatic carbocycles. The van der Waals surface area contributed by atoms with Gasteiger partial charge in [0.05, 0.1) is 23.3 Å². The summed E-state index contributed by atoms with van der Waals surface area (Å²) in [6, 6.07) is 13.3. The van der Waals surface area contributed by atoms with Gasteiger partial charge in [0.15, 0.2) is 5.43 Å². The van der Waals surface area contributed by atoms with Crippen LogP contribution in [0, 0.1) is 5.82 Å². The van der Waals surface area contributed by atoms with Crippen molar-refractivity contribution in [2.45, 2.75) is 12.7 Å². The van der Waals surface area contributed by atoms with Crippen molar-refractivity contribution < 1.29 is 22.4 Å². The van der Waals surface area contributed by atoms with Crippen molar-refractivity contribution in [2.24, 2.45) is 0 Å². The van der Waals surface area contributed by atoms with Crippen LogP contribution in [0.15, 0.2) is 71.7 Å². The first-order valence-electron chi connectivity index (χ1n) is 9.45. The van der Waals surface area contributed by atoms with Crippen LogP contribution >= 0.6 is 0 Å². The molecule has 0 aliphatic rings. The lowest BCUT2D eigenvalue weighted by Gasteiger charge is -2.14. The van der Waals surface area contributed by atoms with E-state index in [4.69, 9.17) is 0 Å². The highest BCUT2D eigenvalue weighted by atomic mass is 19.4. The molecule has 32 heavy (non-hydrogen) atoms. The Morgan fingerprint density at radius 2 is 1.78 bits per heavy atom. The summed E-state index contributed by atoms with van der Waals surface area (Å²) in [5.41, 5.74) is -2.49. The molecule has 0 saturated heterocycles. The number of nitrogens with zero attached hydrogens (tertiary/aromatic N) is 1. The average Bonchev–Trinajstić information content (AvgIpc) is 2.77. The zero-order valence-electron chi connectivity index (χ0n) is 16.3. The van der Waals surface area contributed by atoms with Crippen molar-refractivity contribution >= 4 is 16.8 Å². The van der Waals surface area contributed by atoms with E-state index < -0.39 is 34.4 Å². The monoisotopic (exact) mass is 441 g/mol. The lowest BCUT2D eigenvalue weighted by atomic mass is 9.98. The fourth-order valence-corrected chi connectivity index (χ4v) is 3.32. The van der Waals surface area contributed by atoms with Crippen molar-refractivity contribution in [2.75, 3.05) is 0 Å². The third kappa shape index (κ3) is 4.22. The zero-order chi connectivity index (χ0) is 22.9. The van der Waals surface area contributed by atoms with E-state index in [1.165, 1.54) is 30.5 Å². The molecule has 2 aromatic heterocycles. The van der Waals surface area contributed by atoms with Gasteiger partial charge in [-0.2, -0.15) is 13.2 Å². The number of aromatic amines is 1. The summed E-state index contributed by atoms with van der Waals surface area (Å²) in [6.07, 6.45) is -3.33. The first-order chi connectivity index (χ1) is 15.2. The van der Waals surface area contributed by atoms with E-state index in [0.717, 1.165) is 18.2 Å². The Morgan fingerprint density at radius 1 is 1.03 bits per heavy atom. The van der Waals surface area contributed by atoms with Gasteiger partial charge in [-0.3, -0.25) is 14.6 Å². The molecular formula is C23H15F4N3O2. The van der Waals surface area contributed by atoms with E-state index in [-0.39, 0.29) is 28.8 Å². The largest absolute Gasteiger partial charge is 0.418 e. The summed E-state index contributed by atoms with van der Waals surface area (Å²) in [5.74, 6) is -1.48. The minimum atomic E-state index is -4.86. The van der Waals surface area contributed by atoms with E-state index in [1.807, 2.05) is 0 Å². The standard InChI is InChI=1S/C23H15F4N3O2/c24-18-7-2-1-6-15(18)13-9-16-20(31)11-19(30-21(16)17(10-13)23(25,26)27)22(32)29-12-14-5-3-4-8-28-14/h1-11H,12H2,(H,29,32)(H,30,31). The molecule has 162 valence electrons. The first-order valence-corrected chi connectivity index (χ1v) is 9.45. The molecule has 9 heteroatoms. The molecule has 5 nitrogen and oxygen atoms in total. The van der Waals surface area contributed by atoms with Gasteiger partial charge in [0.2, 0.25) is 0 Å². The number of pyridine rings is 2. The van der Waals surface area contributed by atoms with Crippen molar-refractivity contribution in [3.05, 3.63) is 99.9 Å². The van der Waals surface area contributed by atoms with Gasteiger partial charge in [-0.15, -0.1) is 0 Å². The molecule has 0 aliphatic heterocycles. The third-order valence-electron chi connectivity index (χ3n) is 4.83. The Bertz CT molecular complexity index is 1370. The number of fused-ring (bicyclic) bond motifs is 1. The van der Waals surface area contributed by atoms with E-state index in [9.17, 15) is 27.2 Å². The maximum absolute atomic E-state index is 14.2. The minimum absolute atomic E-state index is 0.0259. The second kappa shape index (κ2) is 8.26. The van der Waals surface area contributed by atoms with Crippen LogP contribution in [0.1, 0.15) is 21.7 Å². The molecule has 0 bridgehead atoms. The number of alkyl halides is 3. The Hall–Kier alpha value is -4.01. The normalized spacial score (nSPS) is 11.5. The second-order valence-corrected chi connectivity index (χ2v) is 6.97. The molecule has 2 N–H and O–H groups in total. The van der Waals surface area contributed by atoms with Crippen molar-refractivity contribution in [3.8, 4) is 11.1 Å². The number of hydrogen-bond donors (Lipinski definition) is 2. The highest BCUT2D eigenvalue weighted by molar-refractivity contribution is 5.96. The van der Waals surface area contributed by atoms with E-state index in [2.05, 4.69) is 15.3 Å². The lowest BCUT2D eigenvalue weighted by molar-refractivity contribution is -0.136. The topological polar surface area (TPSA) is 74.8 Å². The van der Waals surface area contributed by atoms with Crippen LogP contribution in [0.5, 0.6) is 0 Å². The number of nitrogens with one attached hydrogen (secondary N) is 2. The number of carbonyl (C=O) groups is 1. The quantitative estimate of drug-likeness (QED) is 0.452. The Labute approximate surface area is 178 Å². The number of aromatic nitrogens is 2. The number of halogens is 4. The molecule has 0 atom stereocenters. The van der Waals surface area contributed by atoms with Gasteiger partial charge >= 0.3 is 6.18 Å². The van der Waals surface area contributed by atoms with E-state index in [0.29, 0.717) is 5.69 Å². The van der Waals surface area contributed by atoms with Gasteiger partial charge in [-0.05, 0) is 35.9 Å². The summed E-state index contributed by atoms with van der Waals surface area (Å²) in [6.45, 7) is 0.0259. The maximum Gasteiger partial charge on any atom is 0.418 e. The van der Waals surface area contributed by atoms with Crippen LogP contribution in [-0.4, -0.2) is 15.9 Å². The van der Waals surface area contributed by atoms with Crippen molar-refractivity contribution in [3.63, 3.8) is 0 Å². The van der Waals surface area contributed by atoms with Crippen molar-refractivity contribution in [1.82, 2.24) is 15.3 Å². The molecular weight excluding hydrogens is 426 g/mol. The lowest BCUT2D eigenvalue weighted by Crippen LogP contribution is -2.26. The number of amides is 1. The zero-order valence-corrected chi connectivity index (χ0v) is 16.3. The van der Waals surface area contributed by atoms with Crippen LogP contribution in [0.2, 0.25) is 0 Å². The summed E-state index contributed by atoms with van der Waals surface area (Å²) < 4.78 is 55.6. The van der Waals surface area contributed by atoms with Gasteiger partial charge in [-0.25, -0.2) is 4.39 Å². The fourth-order valence-electron chi connectivity index (χ4n) is 3.32. The van der Waals surface area contributed by atoms with E-state index >= 15 is 0 Å². The molecule has 0 unspecified atom stereocenters. The van der Waals surface area contributed by atoms with Gasteiger partial charge in [-0.1, -0.05) is 24.3 Å². The van der Waals surface area contributed by atoms with Crippen LogP contribution < -0.4 is 10.7 Å². The van der Waals surface area contributed by atoms with Crippen LogP contribution in [0.25, 0.3) is 22.0 Å². The highest BCUT2D eigenvalue weighted by Crippen LogP contribution is 2.37. The molecule has 0 aliphatic carbocycles. The fraction of sp³-hybridized carbons (Fsp3) is 0.0870. The van der Waals surface area contributed by atoms with Crippen molar-refractivity contribution in [1.29, 1.82) is 0 Å². The average molecular weight is 441 g/mol. The van der Waals surface area contributed by atoms with Gasteiger partial charge in [0.1, 0.15) is 11.5 Å². The number of carbonyl (C=O) groups excluding carboxylic acids is 1. The van der Waals surface area contributed by atoms with Gasteiger partial charge < -0.3 is 10.3 Å². The van der Waals surface area contributed by atoms with Crippen LogP contribution in [-0.2, 0) is 12.7 Å². The summed E-state index contributed by atoms with van der Waals surface area (Å²) in [4.78, 5) is 31.6. The van der Waals surface area contributed by atoms with Gasteiger partial charge in [0, 0.05) is 23.2 Å². The number of hydrogen-bond acceptors (Lipinski definition) is 3. The first kappa shape index (κ1) is 21.2. The maximum atomic E-state index is 14.2. The molecule has 0 fully saturated rings. The number of benzene rings is 2. The summed E-state index contributed by atoms with van der Waals surface area (Å²) in [5, 5.41) is 2.20. The Balaban J connectivity index is 1.81. The highest BCUT2D eigenvalue weighted by Gasteiger charge is 2.34. The smallest absolute Gasteiger partial charge is 0.350 e. The molecule has 0 saturated carbocycles. The van der Waals surface area contributed by atoms with Crippen LogP contribution in [0.4, 0.5) is 17.6 Å². The minimum Gasteiger partial charge on any atom is -0.350 e. The summed E-state index contributed by atoms with van der Waals surface area (Å²) >= 11 is 0. The molecule has 0 spiro atoms. The molecule has 0 radical (unpaired) electrons. The third-order valence-corrected chi connectivity index (χ3v) is 4.83. The number of H-pyrrole nitrogens is 1. The number of rotatable bonds is 4. The predicted molar refractivity (Wildman–Crippen MR) is 110 cm³/mol. The summed E-state index contributed by atoms with van der Waals surface area (Å²) in [7, 11) is 0. The Morgan fingerprint density at radius 3 is 2.47 bits per heavy atom. The van der Waals surface area contributed by atoms with E-state index in [1.54, 1.807) is 18.2 Å². The SMILES string of the molecule is O=C(NCc1ccccn1)c1cc(=O)c2cc(-c3ccccc3F)cc(C(F)(F)F)c2[nH]1.